The van der Waals surface area contributed by atoms with Crippen LogP contribution in [0.25, 0.3) is 0 Å². The van der Waals surface area contributed by atoms with Crippen molar-refractivity contribution in [2.24, 2.45) is 5.92 Å². The van der Waals surface area contributed by atoms with Crippen LogP contribution < -0.4 is 0 Å². The third kappa shape index (κ3) is 2.85. The van der Waals surface area contributed by atoms with Gasteiger partial charge in [-0.1, -0.05) is 0 Å². The molecule has 0 N–H and O–H groups in total. The Morgan fingerprint density at radius 3 is 2.53 bits per heavy atom. The second-order valence-electron chi connectivity index (χ2n) is 6.28. The monoisotopic (exact) mass is 269 g/mol. The van der Waals surface area contributed by atoms with Crippen LogP contribution in [0.4, 0.5) is 4.79 Å². The Morgan fingerprint density at radius 1 is 1.26 bits per heavy atom. The molecule has 19 heavy (non-hydrogen) atoms. The van der Waals surface area contributed by atoms with Gasteiger partial charge in [0.2, 0.25) is 0 Å². The Labute approximate surface area is 114 Å². The predicted molar refractivity (Wildman–Crippen MR) is 69.6 cm³/mol. The zero-order valence-corrected chi connectivity index (χ0v) is 12.1. The molecule has 2 aliphatic rings. The second kappa shape index (κ2) is 5.02. The van der Waals surface area contributed by atoms with Crippen LogP contribution in [0.15, 0.2) is 0 Å². The lowest BCUT2D eigenvalue weighted by molar-refractivity contribution is -0.148. The summed E-state index contributed by atoms with van der Waals surface area (Å²) >= 11 is 0. The standard InChI is InChI=1S/C14H23NO4/c1-5-18-12(16)10-8-9-6-7-11(10)15(9)13(17)19-14(2,3)4/h9-11H,5-8H2,1-4H3/t9-,10-,11-/m1/s1. The zero-order valence-electron chi connectivity index (χ0n) is 12.1. The quantitative estimate of drug-likeness (QED) is 0.722. The van der Waals surface area contributed by atoms with Gasteiger partial charge >= 0.3 is 12.1 Å². The summed E-state index contributed by atoms with van der Waals surface area (Å²) in [5.74, 6) is -0.352. The smallest absolute Gasteiger partial charge is 0.410 e. The molecule has 0 saturated carbocycles. The summed E-state index contributed by atoms with van der Waals surface area (Å²) in [6.45, 7) is 7.75. The second-order valence-corrected chi connectivity index (χ2v) is 6.28. The molecule has 0 unspecified atom stereocenters. The third-order valence-electron chi connectivity index (χ3n) is 3.73. The van der Waals surface area contributed by atoms with Gasteiger partial charge in [0, 0.05) is 12.1 Å². The van der Waals surface area contributed by atoms with Crippen LogP contribution in [0.2, 0.25) is 0 Å². The summed E-state index contributed by atoms with van der Waals surface area (Å²) in [4.78, 5) is 25.8. The molecule has 3 atom stereocenters. The number of esters is 1. The molecule has 0 aliphatic carbocycles. The molecule has 5 nitrogen and oxygen atoms in total. The first-order valence-corrected chi connectivity index (χ1v) is 7.01. The van der Waals surface area contributed by atoms with Crippen molar-refractivity contribution in [2.75, 3.05) is 6.61 Å². The summed E-state index contributed by atoms with van der Waals surface area (Å²) in [6.07, 6.45) is 2.24. The molecule has 2 bridgehead atoms. The lowest BCUT2D eigenvalue weighted by Gasteiger charge is -2.28. The van der Waals surface area contributed by atoms with E-state index < -0.39 is 5.60 Å². The first kappa shape index (κ1) is 14.2. The maximum Gasteiger partial charge on any atom is 0.410 e. The van der Waals surface area contributed by atoms with Crippen LogP contribution in [0.5, 0.6) is 0 Å². The fraction of sp³-hybridized carbons (Fsp3) is 0.857. The Kier molecular flexibility index (Phi) is 3.74. The number of fused-ring (bicyclic) bond motifs is 2. The highest BCUT2D eigenvalue weighted by Gasteiger charge is 2.52. The topological polar surface area (TPSA) is 55.8 Å². The summed E-state index contributed by atoms with van der Waals surface area (Å²) in [5, 5.41) is 0. The van der Waals surface area contributed by atoms with Crippen molar-refractivity contribution in [3.8, 4) is 0 Å². The van der Waals surface area contributed by atoms with Crippen LogP contribution in [0.3, 0.4) is 0 Å². The van der Waals surface area contributed by atoms with Crippen molar-refractivity contribution >= 4 is 12.1 Å². The molecule has 2 heterocycles. The molecular weight excluding hydrogens is 246 g/mol. The van der Waals surface area contributed by atoms with Crippen LogP contribution >= 0.6 is 0 Å². The van der Waals surface area contributed by atoms with E-state index in [0.29, 0.717) is 13.0 Å². The average Bonchev–Trinajstić information content (AvgIpc) is 2.83. The number of hydrogen-bond acceptors (Lipinski definition) is 4. The SMILES string of the molecule is CCOC(=O)[C@@H]1C[C@H]2CC[C@H]1N2C(=O)OC(C)(C)C. The molecular formula is C14H23NO4. The van der Waals surface area contributed by atoms with Crippen LogP contribution in [0.1, 0.15) is 47.0 Å². The number of carbonyl (C=O) groups excluding carboxylic acids is 2. The van der Waals surface area contributed by atoms with Gasteiger partial charge in [0.15, 0.2) is 0 Å². The van der Waals surface area contributed by atoms with Gasteiger partial charge in [-0.05, 0) is 47.0 Å². The molecule has 2 aliphatic heterocycles. The summed E-state index contributed by atoms with van der Waals surface area (Å²) in [6, 6.07) is 0.0909. The van der Waals surface area contributed by atoms with E-state index in [9.17, 15) is 9.59 Å². The zero-order chi connectivity index (χ0) is 14.2. The Bertz CT molecular complexity index is 374. The van der Waals surface area contributed by atoms with E-state index >= 15 is 0 Å². The van der Waals surface area contributed by atoms with Crippen molar-refractivity contribution < 1.29 is 19.1 Å². The van der Waals surface area contributed by atoms with Gasteiger partial charge in [0.25, 0.3) is 0 Å². The highest BCUT2D eigenvalue weighted by Crippen LogP contribution is 2.42. The Hall–Kier alpha value is -1.26. The molecule has 1 amide bonds. The number of rotatable bonds is 2. The van der Waals surface area contributed by atoms with E-state index in [-0.39, 0.29) is 30.1 Å². The number of carbonyl (C=O) groups is 2. The van der Waals surface area contributed by atoms with Crippen molar-refractivity contribution in [1.82, 2.24) is 4.90 Å². The number of hydrogen-bond donors (Lipinski definition) is 0. The summed E-state index contributed by atoms with van der Waals surface area (Å²) in [7, 11) is 0. The van der Waals surface area contributed by atoms with E-state index in [0.717, 1.165) is 12.8 Å². The molecule has 0 aromatic heterocycles. The summed E-state index contributed by atoms with van der Waals surface area (Å²) in [5.41, 5.74) is -0.501. The molecule has 0 aromatic carbocycles. The van der Waals surface area contributed by atoms with Crippen molar-refractivity contribution in [3.63, 3.8) is 0 Å². The lowest BCUT2D eigenvalue weighted by atomic mass is 9.89. The largest absolute Gasteiger partial charge is 0.466 e. The van der Waals surface area contributed by atoms with Crippen LogP contribution in [-0.2, 0) is 14.3 Å². The lowest BCUT2D eigenvalue weighted by Crippen LogP contribution is -2.41. The van der Waals surface area contributed by atoms with Crippen LogP contribution in [0, 0.1) is 5.92 Å². The molecule has 0 spiro atoms. The van der Waals surface area contributed by atoms with Crippen LogP contribution in [-0.4, -0.2) is 41.3 Å². The molecule has 108 valence electrons. The van der Waals surface area contributed by atoms with E-state index in [1.165, 1.54) is 0 Å². The number of nitrogens with zero attached hydrogens (tertiary/aromatic N) is 1. The van der Waals surface area contributed by atoms with Crippen molar-refractivity contribution in [1.29, 1.82) is 0 Å². The highest BCUT2D eigenvalue weighted by atomic mass is 16.6. The molecule has 2 saturated heterocycles. The van der Waals surface area contributed by atoms with E-state index in [2.05, 4.69) is 0 Å². The van der Waals surface area contributed by atoms with Gasteiger partial charge in [-0.3, -0.25) is 4.79 Å². The fourth-order valence-corrected chi connectivity index (χ4v) is 3.09. The van der Waals surface area contributed by atoms with Gasteiger partial charge in [-0.25, -0.2) is 4.79 Å². The van der Waals surface area contributed by atoms with Gasteiger partial charge in [0.1, 0.15) is 5.60 Å². The predicted octanol–water partition coefficient (Wildman–Crippen LogP) is 2.34. The Morgan fingerprint density at radius 2 is 1.95 bits per heavy atom. The molecule has 5 heteroatoms. The minimum atomic E-state index is -0.501. The average molecular weight is 269 g/mol. The molecule has 0 radical (unpaired) electrons. The van der Waals surface area contributed by atoms with E-state index in [4.69, 9.17) is 9.47 Å². The maximum absolute atomic E-state index is 12.2. The first-order valence-electron chi connectivity index (χ1n) is 7.01. The van der Waals surface area contributed by atoms with Crippen molar-refractivity contribution in [2.45, 2.75) is 64.6 Å². The highest BCUT2D eigenvalue weighted by molar-refractivity contribution is 5.77. The van der Waals surface area contributed by atoms with Gasteiger partial charge in [0.05, 0.1) is 12.5 Å². The summed E-state index contributed by atoms with van der Waals surface area (Å²) < 4.78 is 10.5. The minimum absolute atomic E-state index is 0.0427. The fourth-order valence-electron chi connectivity index (χ4n) is 3.09. The van der Waals surface area contributed by atoms with E-state index in [1.54, 1.807) is 11.8 Å². The molecule has 2 fully saturated rings. The maximum atomic E-state index is 12.2. The van der Waals surface area contributed by atoms with Gasteiger partial charge in [-0.15, -0.1) is 0 Å². The van der Waals surface area contributed by atoms with Gasteiger partial charge < -0.3 is 14.4 Å². The minimum Gasteiger partial charge on any atom is -0.466 e. The first-order chi connectivity index (χ1) is 8.83. The number of ether oxygens (including phenoxy) is 2. The molecule has 2 rings (SSSR count). The van der Waals surface area contributed by atoms with Crippen molar-refractivity contribution in [3.05, 3.63) is 0 Å². The third-order valence-corrected chi connectivity index (χ3v) is 3.73. The Balaban J connectivity index is 2.04. The normalized spacial score (nSPS) is 29.5. The van der Waals surface area contributed by atoms with E-state index in [1.807, 2.05) is 20.8 Å². The number of amides is 1. The van der Waals surface area contributed by atoms with Gasteiger partial charge in [-0.2, -0.15) is 0 Å². The molecule has 0 aromatic rings.